The molecule has 5 heterocycles. The number of rotatable bonds is 3. The molecule has 4 aromatic rings. The quantitative estimate of drug-likeness (QED) is 0.424. The predicted molar refractivity (Wildman–Crippen MR) is 138 cm³/mol. The number of aromatic hydroxyl groups is 1. The number of phenols is 1. The van der Waals surface area contributed by atoms with Crippen molar-refractivity contribution in [3.63, 3.8) is 0 Å². The summed E-state index contributed by atoms with van der Waals surface area (Å²) < 4.78 is 39.0. The van der Waals surface area contributed by atoms with E-state index in [-0.39, 0.29) is 41.2 Å². The fourth-order valence-corrected chi connectivity index (χ4v) is 5.31. The smallest absolute Gasteiger partial charge is 0.354 e. The van der Waals surface area contributed by atoms with E-state index in [9.17, 15) is 14.3 Å². The van der Waals surface area contributed by atoms with Gasteiger partial charge in [-0.1, -0.05) is 19.9 Å². The van der Waals surface area contributed by atoms with Gasteiger partial charge in [0.25, 0.3) is 0 Å². The first kappa shape index (κ1) is 24.2. The maximum atomic E-state index is 16.7. The number of hydrogen-bond acceptors (Lipinski definition) is 8. The normalized spacial score (nSPS) is 16.9. The number of piperazine rings is 1. The van der Waals surface area contributed by atoms with Crippen LogP contribution < -0.4 is 20.6 Å². The van der Waals surface area contributed by atoms with E-state index < -0.39 is 34.3 Å². The Balaban J connectivity index is 1.81. The third kappa shape index (κ3) is 3.60. The number of aryl methyl sites for hydroxylation is 1. The van der Waals surface area contributed by atoms with Crippen LogP contribution in [-0.2, 0) is 0 Å². The zero-order valence-corrected chi connectivity index (χ0v) is 21.1. The van der Waals surface area contributed by atoms with E-state index in [1.165, 1.54) is 16.7 Å². The van der Waals surface area contributed by atoms with E-state index in [0.29, 0.717) is 36.6 Å². The number of nitrogens with zero attached hydrogens (tertiary/aromatic N) is 5. The van der Waals surface area contributed by atoms with E-state index in [2.05, 4.69) is 20.3 Å². The topological polar surface area (TPSA) is 105 Å². The van der Waals surface area contributed by atoms with E-state index in [1.54, 1.807) is 19.2 Å². The minimum absolute atomic E-state index is 0.0114. The molecule has 2 aliphatic rings. The van der Waals surface area contributed by atoms with Crippen LogP contribution in [0.15, 0.2) is 35.3 Å². The minimum Gasteiger partial charge on any atom is -0.507 e. The highest BCUT2D eigenvalue weighted by molar-refractivity contribution is 5.98. The van der Waals surface area contributed by atoms with E-state index in [0.717, 1.165) is 6.07 Å². The molecule has 0 bridgehead atoms. The van der Waals surface area contributed by atoms with Crippen LogP contribution in [0.3, 0.4) is 0 Å². The van der Waals surface area contributed by atoms with Crippen LogP contribution in [0, 0.1) is 18.6 Å². The predicted octanol–water partition coefficient (Wildman–Crippen LogP) is 3.43. The molecule has 1 saturated heterocycles. The van der Waals surface area contributed by atoms with Crippen LogP contribution in [0.2, 0.25) is 0 Å². The molecule has 9 nitrogen and oxygen atoms in total. The van der Waals surface area contributed by atoms with E-state index >= 15 is 4.39 Å². The number of halogens is 2. The molecule has 1 atom stereocenters. The second-order valence-corrected chi connectivity index (χ2v) is 9.87. The molecule has 0 aliphatic carbocycles. The van der Waals surface area contributed by atoms with Crippen molar-refractivity contribution in [2.75, 3.05) is 31.1 Å². The lowest BCUT2D eigenvalue weighted by atomic mass is 10.0. The molecule has 2 aliphatic heterocycles. The van der Waals surface area contributed by atoms with Crippen molar-refractivity contribution in [3.8, 4) is 28.6 Å². The highest BCUT2D eigenvalue weighted by Crippen LogP contribution is 2.42. The van der Waals surface area contributed by atoms with Crippen LogP contribution in [-0.4, -0.2) is 56.9 Å². The third-order valence-electron chi connectivity index (χ3n) is 7.11. The first-order valence-corrected chi connectivity index (χ1v) is 12.5. The molecular weight excluding hydrogens is 494 g/mol. The molecule has 1 fully saturated rings. The summed E-state index contributed by atoms with van der Waals surface area (Å²) >= 11 is 0. The Bertz CT molecular complexity index is 1630. The molecule has 196 valence electrons. The van der Waals surface area contributed by atoms with Crippen molar-refractivity contribution in [1.29, 1.82) is 0 Å². The van der Waals surface area contributed by atoms with Gasteiger partial charge in [0.15, 0.2) is 5.82 Å². The maximum absolute atomic E-state index is 16.7. The summed E-state index contributed by atoms with van der Waals surface area (Å²) in [7, 11) is 0. The van der Waals surface area contributed by atoms with Crippen molar-refractivity contribution < 1.29 is 18.6 Å². The third-order valence-corrected chi connectivity index (χ3v) is 7.11. The molecule has 0 amide bonds. The molecule has 2 N–H and O–H groups in total. The van der Waals surface area contributed by atoms with Gasteiger partial charge >= 0.3 is 5.69 Å². The Hall–Kier alpha value is -4.12. The number of anilines is 1. The zero-order chi connectivity index (χ0) is 26.7. The number of phenolic OH excluding ortho intramolecular Hbond substituents is 1. The molecule has 0 radical (unpaired) electrons. The first-order chi connectivity index (χ1) is 18.3. The molecule has 1 aromatic carbocycles. The van der Waals surface area contributed by atoms with Gasteiger partial charge in [0.1, 0.15) is 40.6 Å². The average molecular weight is 521 g/mol. The van der Waals surface area contributed by atoms with Gasteiger partial charge in [-0.3, -0.25) is 9.55 Å². The van der Waals surface area contributed by atoms with Gasteiger partial charge in [-0.05, 0) is 36.6 Å². The molecule has 3 aromatic heterocycles. The van der Waals surface area contributed by atoms with Gasteiger partial charge in [0.2, 0.25) is 5.88 Å². The second-order valence-electron chi connectivity index (χ2n) is 9.87. The number of ether oxygens (including phenoxy) is 1. The van der Waals surface area contributed by atoms with Gasteiger partial charge in [0, 0.05) is 25.8 Å². The van der Waals surface area contributed by atoms with Crippen LogP contribution in [0.25, 0.3) is 27.8 Å². The van der Waals surface area contributed by atoms with Gasteiger partial charge < -0.3 is 20.1 Å². The number of nitrogens with one attached hydrogen (secondary N) is 1. The van der Waals surface area contributed by atoms with Crippen molar-refractivity contribution in [1.82, 2.24) is 24.8 Å². The van der Waals surface area contributed by atoms with Crippen LogP contribution in [0.4, 0.5) is 14.6 Å². The van der Waals surface area contributed by atoms with Crippen molar-refractivity contribution >= 4 is 16.7 Å². The Morgan fingerprint density at radius 2 is 2.03 bits per heavy atom. The van der Waals surface area contributed by atoms with Crippen molar-refractivity contribution in [3.05, 3.63) is 63.8 Å². The summed E-state index contributed by atoms with van der Waals surface area (Å²) in [6, 6.07) is 5.23. The Morgan fingerprint density at radius 3 is 2.79 bits per heavy atom. The first-order valence-electron chi connectivity index (χ1n) is 12.5. The summed E-state index contributed by atoms with van der Waals surface area (Å²) in [5.74, 6) is -2.14. The van der Waals surface area contributed by atoms with Crippen molar-refractivity contribution in [2.45, 2.75) is 32.7 Å². The number of fused-ring (bicyclic) bond motifs is 2. The van der Waals surface area contributed by atoms with Crippen LogP contribution in [0.1, 0.15) is 31.0 Å². The van der Waals surface area contributed by atoms with Gasteiger partial charge in [0.05, 0.1) is 23.0 Å². The monoisotopic (exact) mass is 520 g/mol. The molecule has 0 saturated carbocycles. The highest BCUT2D eigenvalue weighted by atomic mass is 19.1. The standard InChI is InChI=1S/C27H26F2N6O3/c1-13(2)21-23(14(3)7-8-31-21)35-24-19-25(33-27(35)37)34-10-9-30-11-15(34)12-38-26(19)32-22(20(24)29)18-16(28)5-4-6-17(18)36/h4-8,13,15,30,36H,9-12H2,1-3H3. The largest absolute Gasteiger partial charge is 0.507 e. The molecular formula is C27H26F2N6O3. The summed E-state index contributed by atoms with van der Waals surface area (Å²) in [5, 5.41) is 14.0. The van der Waals surface area contributed by atoms with Crippen LogP contribution >= 0.6 is 0 Å². The summed E-state index contributed by atoms with van der Waals surface area (Å²) in [6.45, 7) is 7.60. The Morgan fingerprint density at radius 1 is 1.21 bits per heavy atom. The summed E-state index contributed by atoms with van der Waals surface area (Å²) in [5.41, 5.74) is -0.0761. The molecule has 38 heavy (non-hydrogen) atoms. The number of pyridine rings is 2. The van der Waals surface area contributed by atoms with Gasteiger partial charge in [-0.15, -0.1) is 0 Å². The lowest BCUT2D eigenvalue weighted by molar-refractivity contribution is 0.266. The molecule has 0 spiro atoms. The maximum Gasteiger partial charge on any atom is 0.354 e. The zero-order valence-electron chi connectivity index (χ0n) is 21.1. The molecule has 6 rings (SSSR count). The van der Waals surface area contributed by atoms with Gasteiger partial charge in [-0.2, -0.15) is 4.98 Å². The van der Waals surface area contributed by atoms with E-state index in [4.69, 9.17) is 4.74 Å². The fourth-order valence-electron chi connectivity index (χ4n) is 5.31. The second kappa shape index (κ2) is 9.02. The molecule has 11 heteroatoms. The molecule has 1 unspecified atom stereocenters. The number of aromatic nitrogens is 4. The SMILES string of the molecule is Cc1ccnc(C(C)C)c1-n1c(=O)nc2c3c(nc(-c4c(O)cccc4F)c(F)c31)OCC1CNCCN21. The summed E-state index contributed by atoms with van der Waals surface area (Å²) in [6.07, 6.45) is 1.64. The van der Waals surface area contributed by atoms with E-state index in [1.807, 2.05) is 18.7 Å². The van der Waals surface area contributed by atoms with Gasteiger partial charge in [-0.25, -0.2) is 18.6 Å². The van der Waals surface area contributed by atoms with Crippen LogP contribution in [0.5, 0.6) is 11.6 Å². The fraction of sp³-hybridized carbons (Fsp3) is 0.333. The highest BCUT2D eigenvalue weighted by Gasteiger charge is 2.35. The average Bonchev–Trinajstić information content (AvgIpc) is 3.04. The lowest BCUT2D eigenvalue weighted by Gasteiger charge is -2.35. The summed E-state index contributed by atoms with van der Waals surface area (Å²) in [4.78, 5) is 29.1. The minimum atomic E-state index is -0.972. The lowest BCUT2D eigenvalue weighted by Crippen LogP contribution is -2.54. The Labute approximate surface area is 216 Å². The van der Waals surface area contributed by atoms with Crippen molar-refractivity contribution in [2.24, 2.45) is 0 Å². The Kier molecular flexibility index (Phi) is 5.75. The number of benzene rings is 1. The number of hydrogen-bond donors (Lipinski definition) is 2.